The highest BCUT2D eigenvalue weighted by molar-refractivity contribution is 6.30. The van der Waals surface area contributed by atoms with Crippen molar-refractivity contribution in [2.75, 3.05) is 7.11 Å². The molecule has 1 N–H and O–H groups in total. The molecule has 0 aliphatic heterocycles. The molecule has 0 unspecified atom stereocenters. The van der Waals surface area contributed by atoms with Gasteiger partial charge in [0.15, 0.2) is 11.5 Å². The predicted molar refractivity (Wildman–Crippen MR) is 115 cm³/mol. The lowest BCUT2D eigenvalue weighted by molar-refractivity contribution is -0.120. The highest BCUT2D eigenvalue weighted by Gasteiger charge is 2.13. The molecule has 0 atom stereocenters. The van der Waals surface area contributed by atoms with Gasteiger partial charge in [-0.15, -0.1) is 0 Å². The second-order valence-electron chi connectivity index (χ2n) is 6.26. The van der Waals surface area contributed by atoms with Gasteiger partial charge in [0.25, 0.3) is 0 Å². The summed E-state index contributed by atoms with van der Waals surface area (Å²) < 4.78 is 10.7. The number of halogens is 1. The Bertz CT molecular complexity index is 1050. The van der Waals surface area contributed by atoms with Crippen LogP contribution in [0.25, 0.3) is 0 Å². The van der Waals surface area contributed by atoms with Crippen LogP contribution in [0, 0.1) is 0 Å². The molecule has 0 radical (unpaired) electrons. The molecule has 30 heavy (non-hydrogen) atoms. The molecular weight excluding hydrogens is 404 g/mol. The number of amides is 1. The molecule has 0 saturated heterocycles. The van der Waals surface area contributed by atoms with Gasteiger partial charge in [0.05, 0.1) is 25.3 Å². The first-order valence-electron chi connectivity index (χ1n) is 9.07. The van der Waals surface area contributed by atoms with E-state index in [1.54, 1.807) is 42.5 Å². The Morgan fingerprint density at radius 1 is 1.00 bits per heavy atom. The zero-order chi connectivity index (χ0) is 21.3. The van der Waals surface area contributed by atoms with Gasteiger partial charge in [-0.3, -0.25) is 4.79 Å². The number of carbonyl (C=O) groups excluding carboxylic acids is 2. The van der Waals surface area contributed by atoms with Crippen LogP contribution < -0.4 is 14.9 Å². The first-order valence-corrected chi connectivity index (χ1v) is 9.44. The summed E-state index contributed by atoms with van der Waals surface area (Å²) >= 11 is 5.83. The van der Waals surface area contributed by atoms with Gasteiger partial charge in [-0.2, -0.15) is 5.10 Å². The Hall–Kier alpha value is -3.64. The maximum atomic E-state index is 12.3. The first-order chi connectivity index (χ1) is 14.5. The average molecular weight is 423 g/mol. The molecule has 3 aromatic rings. The summed E-state index contributed by atoms with van der Waals surface area (Å²) in [5, 5.41) is 4.49. The standard InChI is InChI=1S/C23H19ClN2O4/c1-29-21-13-17(15-25-26-22(27)14-16-5-3-2-4-6-16)7-12-20(21)30-23(28)18-8-10-19(24)11-9-18/h2-13,15H,14H2,1H3,(H,26,27)/b25-15-. The van der Waals surface area contributed by atoms with E-state index in [2.05, 4.69) is 10.5 Å². The number of methoxy groups -OCH3 is 1. The number of hydrogen-bond donors (Lipinski definition) is 1. The lowest BCUT2D eigenvalue weighted by atomic mass is 10.1. The minimum atomic E-state index is -0.528. The van der Waals surface area contributed by atoms with Crippen LogP contribution in [0.1, 0.15) is 21.5 Å². The van der Waals surface area contributed by atoms with Crippen molar-refractivity contribution in [2.45, 2.75) is 6.42 Å². The summed E-state index contributed by atoms with van der Waals surface area (Å²) in [7, 11) is 1.47. The first kappa shape index (κ1) is 21.1. The lowest BCUT2D eigenvalue weighted by Crippen LogP contribution is -2.19. The van der Waals surface area contributed by atoms with Crippen LogP contribution in [0.4, 0.5) is 0 Å². The van der Waals surface area contributed by atoms with Crippen LogP contribution in [0.2, 0.25) is 5.02 Å². The van der Waals surface area contributed by atoms with Gasteiger partial charge in [0.1, 0.15) is 0 Å². The van der Waals surface area contributed by atoms with E-state index >= 15 is 0 Å². The normalized spacial score (nSPS) is 10.6. The zero-order valence-corrected chi connectivity index (χ0v) is 16.9. The average Bonchev–Trinajstić information content (AvgIpc) is 2.75. The summed E-state index contributed by atoms with van der Waals surface area (Å²) in [6, 6.07) is 20.7. The molecule has 3 rings (SSSR count). The Morgan fingerprint density at radius 2 is 1.73 bits per heavy atom. The van der Waals surface area contributed by atoms with Crippen molar-refractivity contribution < 1.29 is 19.1 Å². The number of hydrazone groups is 1. The third kappa shape index (κ3) is 5.93. The zero-order valence-electron chi connectivity index (χ0n) is 16.2. The van der Waals surface area contributed by atoms with Gasteiger partial charge >= 0.3 is 5.97 Å². The van der Waals surface area contributed by atoms with Crippen molar-refractivity contribution in [2.24, 2.45) is 5.10 Å². The SMILES string of the molecule is COc1cc(/C=N\NC(=O)Cc2ccccc2)ccc1OC(=O)c1ccc(Cl)cc1. The number of nitrogens with zero attached hydrogens (tertiary/aromatic N) is 1. The molecule has 0 saturated carbocycles. The van der Waals surface area contributed by atoms with Crippen molar-refractivity contribution in [3.63, 3.8) is 0 Å². The molecule has 152 valence electrons. The van der Waals surface area contributed by atoms with E-state index in [0.29, 0.717) is 21.9 Å². The molecular formula is C23H19ClN2O4. The van der Waals surface area contributed by atoms with Crippen molar-refractivity contribution >= 4 is 29.7 Å². The second kappa shape index (κ2) is 10.2. The van der Waals surface area contributed by atoms with Gasteiger partial charge in [0, 0.05) is 5.02 Å². The van der Waals surface area contributed by atoms with E-state index in [0.717, 1.165) is 5.56 Å². The number of hydrogen-bond acceptors (Lipinski definition) is 5. The third-order valence-electron chi connectivity index (χ3n) is 4.08. The maximum Gasteiger partial charge on any atom is 0.343 e. The minimum Gasteiger partial charge on any atom is -0.493 e. The minimum absolute atomic E-state index is 0.224. The van der Waals surface area contributed by atoms with E-state index in [1.165, 1.54) is 13.3 Å². The summed E-state index contributed by atoms with van der Waals surface area (Å²) in [6.45, 7) is 0. The molecule has 3 aromatic carbocycles. The number of benzene rings is 3. The van der Waals surface area contributed by atoms with Gasteiger partial charge in [0.2, 0.25) is 5.91 Å². The molecule has 0 bridgehead atoms. The summed E-state index contributed by atoms with van der Waals surface area (Å²) in [5.41, 5.74) is 4.42. The van der Waals surface area contributed by atoms with Gasteiger partial charge in [-0.1, -0.05) is 41.9 Å². The lowest BCUT2D eigenvalue weighted by Gasteiger charge is -2.10. The number of carbonyl (C=O) groups is 2. The second-order valence-corrected chi connectivity index (χ2v) is 6.70. The largest absolute Gasteiger partial charge is 0.493 e. The Kier molecular flexibility index (Phi) is 7.19. The van der Waals surface area contributed by atoms with Gasteiger partial charge in [-0.25, -0.2) is 10.2 Å². The fourth-order valence-corrected chi connectivity index (χ4v) is 2.72. The van der Waals surface area contributed by atoms with Crippen LogP contribution >= 0.6 is 11.6 Å². The van der Waals surface area contributed by atoms with Crippen molar-refractivity contribution in [3.8, 4) is 11.5 Å². The predicted octanol–water partition coefficient (Wildman–Crippen LogP) is 4.26. The van der Waals surface area contributed by atoms with E-state index < -0.39 is 5.97 Å². The van der Waals surface area contributed by atoms with Gasteiger partial charge < -0.3 is 9.47 Å². The third-order valence-corrected chi connectivity index (χ3v) is 4.33. The Balaban J connectivity index is 1.62. The van der Waals surface area contributed by atoms with Crippen LogP contribution in [0.3, 0.4) is 0 Å². The summed E-state index contributed by atoms with van der Waals surface area (Å²) in [4.78, 5) is 24.2. The van der Waals surface area contributed by atoms with Gasteiger partial charge in [-0.05, 0) is 53.6 Å². The van der Waals surface area contributed by atoms with Crippen LogP contribution in [-0.4, -0.2) is 25.2 Å². The fourth-order valence-electron chi connectivity index (χ4n) is 2.59. The maximum absolute atomic E-state index is 12.3. The molecule has 0 heterocycles. The highest BCUT2D eigenvalue weighted by atomic mass is 35.5. The Morgan fingerprint density at radius 3 is 2.43 bits per heavy atom. The monoisotopic (exact) mass is 422 g/mol. The molecule has 0 fully saturated rings. The number of ether oxygens (including phenoxy) is 2. The molecule has 1 amide bonds. The number of rotatable bonds is 7. The number of nitrogens with one attached hydrogen (secondary N) is 1. The smallest absolute Gasteiger partial charge is 0.343 e. The van der Waals surface area contributed by atoms with E-state index in [1.807, 2.05) is 30.3 Å². The summed E-state index contributed by atoms with van der Waals surface area (Å²) in [6.07, 6.45) is 1.72. The number of esters is 1. The van der Waals surface area contributed by atoms with Crippen LogP contribution in [0.15, 0.2) is 77.9 Å². The molecule has 0 aliphatic rings. The molecule has 6 nitrogen and oxygen atoms in total. The fraction of sp³-hybridized carbons (Fsp3) is 0.0870. The molecule has 0 aliphatic carbocycles. The van der Waals surface area contributed by atoms with Crippen molar-refractivity contribution in [3.05, 3.63) is 94.5 Å². The van der Waals surface area contributed by atoms with Crippen LogP contribution in [0.5, 0.6) is 11.5 Å². The van der Waals surface area contributed by atoms with E-state index in [4.69, 9.17) is 21.1 Å². The Labute approximate surface area is 179 Å². The van der Waals surface area contributed by atoms with E-state index in [-0.39, 0.29) is 18.1 Å². The van der Waals surface area contributed by atoms with Crippen molar-refractivity contribution in [1.82, 2.24) is 5.43 Å². The highest BCUT2D eigenvalue weighted by Crippen LogP contribution is 2.28. The quantitative estimate of drug-likeness (QED) is 0.267. The van der Waals surface area contributed by atoms with Crippen LogP contribution in [-0.2, 0) is 11.2 Å². The molecule has 0 spiro atoms. The molecule has 0 aromatic heterocycles. The molecule has 7 heteroatoms. The van der Waals surface area contributed by atoms with E-state index in [9.17, 15) is 9.59 Å². The topological polar surface area (TPSA) is 77.0 Å². The van der Waals surface area contributed by atoms with Crippen molar-refractivity contribution in [1.29, 1.82) is 0 Å². The summed E-state index contributed by atoms with van der Waals surface area (Å²) in [5.74, 6) is -0.128.